The number of sulfonamides is 1. The third kappa shape index (κ3) is 3.78. The molecule has 0 unspecified atom stereocenters. The van der Waals surface area contributed by atoms with Gasteiger partial charge in [-0.1, -0.05) is 6.07 Å². The molecule has 1 aromatic heterocycles. The third-order valence-electron chi connectivity index (χ3n) is 5.44. The standard InChI is InChI=1S/C20H27N5O2S/c1-24(2)19-18(14-21-20(22-19)25-11-5-6-12-25)23-28(26,27)17-10-9-15-7-3-4-8-16(15)13-17/h9-10,13-14,23H,3-8,11-12H2,1-2H3. The summed E-state index contributed by atoms with van der Waals surface area (Å²) in [5.74, 6) is 1.22. The predicted molar refractivity (Wildman–Crippen MR) is 112 cm³/mol. The molecular formula is C20H27N5O2S. The van der Waals surface area contributed by atoms with Gasteiger partial charge in [0.05, 0.1) is 11.1 Å². The van der Waals surface area contributed by atoms with Crippen LogP contribution in [0.5, 0.6) is 0 Å². The lowest BCUT2D eigenvalue weighted by Crippen LogP contribution is -2.24. The largest absolute Gasteiger partial charge is 0.361 e. The normalized spacial score (nSPS) is 16.7. The average molecular weight is 402 g/mol. The maximum atomic E-state index is 13.0. The number of fused-ring (bicyclic) bond motifs is 1. The second-order valence-corrected chi connectivity index (χ2v) is 9.42. The van der Waals surface area contributed by atoms with Crippen molar-refractivity contribution >= 4 is 27.5 Å². The number of nitrogens with one attached hydrogen (secondary N) is 1. The molecule has 1 aromatic carbocycles. The van der Waals surface area contributed by atoms with E-state index < -0.39 is 10.0 Å². The molecule has 0 atom stereocenters. The van der Waals surface area contributed by atoms with Gasteiger partial charge in [-0.2, -0.15) is 4.98 Å². The zero-order chi connectivity index (χ0) is 19.7. The van der Waals surface area contributed by atoms with Crippen molar-refractivity contribution in [3.05, 3.63) is 35.5 Å². The highest BCUT2D eigenvalue weighted by Crippen LogP contribution is 2.29. The first kappa shape index (κ1) is 19.0. The highest BCUT2D eigenvalue weighted by atomic mass is 32.2. The summed E-state index contributed by atoms with van der Waals surface area (Å²) in [6.07, 6.45) is 8.09. The smallest absolute Gasteiger partial charge is 0.262 e. The van der Waals surface area contributed by atoms with Gasteiger partial charge < -0.3 is 9.80 Å². The van der Waals surface area contributed by atoms with Crippen LogP contribution in [0.4, 0.5) is 17.5 Å². The van der Waals surface area contributed by atoms with Crippen LogP contribution in [0.25, 0.3) is 0 Å². The fourth-order valence-corrected chi connectivity index (χ4v) is 5.02. The van der Waals surface area contributed by atoms with Crippen LogP contribution < -0.4 is 14.5 Å². The topological polar surface area (TPSA) is 78.4 Å². The fourth-order valence-electron chi connectivity index (χ4n) is 3.93. The van der Waals surface area contributed by atoms with Crippen LogP contribution in [-0.2, 0) is 22.9 Å². The van der Waals surface area contributed by atoms with Crippen molar-refractivity contribution in [3.8, 4) is 0 Å². The minimum atomic E-state index is -3.70. The predicted octanol–water partition coefficient (Wildman–Crippen LogP) is 2.82. The summed E-state index contributed by atoms with van der Waals surface area (Å²) in [5, 5.41) is 0. The van der Waals surface area contributed by atoms with Crippen LogP contribution in [0.15, 0.2) is 29.3 Å². The fraction of sp³-hybridized carbons (Fsp3) is 0.500. The second kappa shape index (κ2) is 7.58. The van der Waals surface area contributed by atoms with Gasteiger partial charge in [0.15, 0.2) is 5.82 Å². The van der Waals surface area contributed by atoms with Gasteiger partial charge in [-0.3, -0.25) is 4.72 Å². The van der Waals surface area contributed by atoms with E-state index in [1.54, 1.807) is 12.3 Å². The average Bonchev–Trinajstić information content (AvgIpc) is 3.22. The van der Waals surface area contributed by atoms with E-state index in [2.05, 4.69) is 19.6 Å². The minimum Gasteiger partial charge on any atom is -0.361 e. The Morgan fingerprint density at radius 3 is 2.46 bits per heavy atom. The molecule has 0 radical (unpaired) electrons. The second-order valence-electron chi connectivity index (χ2n) is 7.74. The molecular weight excluding hydrogens is 374 g/mol. The lowest BCUT2D eigenvalue weighted by molar-refractivity contribution is 0.600. The summed E-state index contributed by atoms with van der Waals surface area (Å²) in [7, 11) is 0.00294. The van der Waals surface area contributed by atoms with Crippen LogP contribution in [0.2, 0.25) is 0 Å². The number of aromatic nitrogens is 2. The summed E-state index contributed by atoms with van der Waals surface area (Å²) in [6, 6.07) is 5.45. The molecule has 0 bridgehead atoms. The number of aryl methyl sites for hydroxylation is 2. The number of nitrogens with zero attached hydrogens (tertiary/aromatic N) is 4. The molecule has 0 saturated carbocycles. The Balaban J connectivity index is 1.63. The molecule has 1 fully saturated rings. The van der Waals surface area contributed by atoms with Gasteiger partial charge in [0, 0.05) is 27.2 Å². The minimum absolute atomic E-state index is 0.293. The summed E-state index contributed by atoms with van der Waals surface area (Å²) in [4.78, 5) is 13.3. The molecule has 1 aliphatic heterocycles. The van der Waals surface area contributed by atoms with E-state index in [4.69, 9.17) is 0 Å². The molecule has 8 heteroatoms. The first-order chi connectivity index (χ1) is 13.4. The first-order valence-electron chi connectivity index (χ1n) is 9.88. The SMILES string of the molecule is CN(C)c1nc(N2CCCC2)ncc1NS(=O)(=O)c1ccc2c(c1)CCCC2. The van der Waals surface area contributed by atoms with Crippen molar-refractivity contribution in [3.63, 3.8) is 0 Å². The molecule has 7 nitrogen and oxygen atoms in total. The summed E-state index contributed by atoms with van der Waals surface area (Å²) < 4.78 is 28.7. The van der Waals surface area contributed by atoms with Crippen molar-refractivity contribution in [2.24, 2.45) is 0 Å². The van der Waals surface area contributed by atoms with Crippen molar-refractivity contribution in [1.82, 2.24) is 9.97 Å². The number of rotatable bonds is 5. The van der Waals surface area contributed by atoms with Gasteiger partial charge >= 0.3 is 0 Å². The van der Waals surface area contributed by atoms with Gasteiger partial charge in [-0.25, -0.2) is 13.4 Å². The zero-order valence-corrected chi connectivity index (χ0v) is 17.3. The summed E-state index contributed by atoms with van der Waals surface area (Å²) in [5.41, 5.74) is 2.80. The lowest BCUT2D eigenvalue weighted by Gasteiger charge is -2.21. The molecule has 2 aromatic rings. The monoisotopic (exact) mass is 401 g/mol. The molecule has 4 rings (SSSR count). The summed E-state index contributed by atoms with van der Waals surface area (Å²) >= 11 is 0. The van der Waals surface area contributed by atoms with Crippen LogP contribution >= 0.6 is 0 Å². The van der Waals surface area contributed by atoms with Crippen molar-refractivity contribution < 1.29 is 8.42 Å². The van der Waals surface area contributed by atoms with Gasteiger partial charge in [0.1, 0.15) is 5.69 Å². The number of anilines is 3. The quantitative estimate of drug-likeness (QED) is 0.830. The van der Waals surface area contributed by atoms with E-state index in [0.717, 1.165) is 50.8 Å². The number of hydrogen-bond acceptors (Lipinski definition) is 6. The van der Waals surface area contributed by atoms with Gasteiger partial charge in [-0.15, -0.1) is 0 Å². The van der Waals surface area contributed by atoms with Gasteiger partial charge in [0.2, 0.25) is 5.95 Å². The molecule has 2 heterocycles. The maximum absolute atomic E-state index is 13.0. The summed E-state index contributed by atoms with van der Waals surface area (Å²) in [6.45, 7) is 1.88. The van der Waals surface area contributed by atoms with Crippen LogP contribution in [0.1, 0.15) is 36.8 Å². The Bertz CT molecular complexity index is 969. The Labute approximate surface area is 166 Å². The third-order valence-corrected chi connectivity index (χ3v) is 6.81. The highest BCUT2D eigenvalue weighted by Gasteiger charge is 2.22. The zero-order valence-electron chi connectivity index (χ0n) is 16.5. The molecule has 150 valence electrons. The Hall–Kier alpha value is -2.35. The van der Waals surface area contributed by atoms with E-state index in [0.29, 0.717) is 22.3 Å². The van der Waals surface area contributed by atoms with Gasteiger partial charge in [-0.05, 0) is 61.8 Å². The Morgan fingerprint density at radius 2 is 1.75 bits per heavy atom. The maximum Gasteiger partial charge on any atom is 0.262 e. The number of hydrogen-bond donors (Lipinski definition) is 1. The van der Waals surface area contributed by atoms with E-state index in [-0.39, 0.29) is 0 Å². The first-order valence-corrected chi connectivity index (χ1v) is 11.4. The molecule has 1 aliphatic carbocycles. The van der Waals surface area contributed by atoms with Crippen LogP contribution in [0.3, 0.4) is 0 Å². The van der Waals surface area contributed by atoms with Crippen molar-refractivity contribution in [1.29, 1.82) is 0 Å². The Kier molecular flexibility index (Phi) is 5.14. The van der Waals surface area contributed by atoms with Crippen molar-refractivity contribution in [2.75, 3.05) is 41.7 Å². The Morgan fingerprint density at radius 1 is 1.04 bits per heavy atom. The van der Waals surface area contributed by atoms with Crippen molar-refractivity contribution in [2.45, 2.75) is 43.4 Å². The van der Waals surface area contributed by atoms with E-state index in [1.807, 2.05) is 31.1 Å². The van der Waals surface area contributed by atoms with E-state index >= 15 is 0 Å². The highest BCUT2D eigenvalue weighted by molar-refractivity contribution is 7.92. The van der Waals surface area contributed by atoms with E-state index in [1.165, 1.54) is 12.0 Å². The molecule has 1 saturated heterocycles. The molecule has 2 aliphatic rings. The lowest BCUT2D eigenvalue weighted by atomic mass is 9.92. The molecule has 1 N–H and O–H groups in total. The van der Waals surface area contributed by atoms with Crippen LogP contribution in [-0.4, -0.2) is 45.6 Å². The molecule has 0 amide bonds. The number of benzene rings is 1. The molecule has 28 heavy (non-hydrogen) atoms. The van der Waals surface area contributed by atoms with Crippen LogP contribution in [0, 0.1) is 0 Å². The van der Waals surface area contributed by atoms with Gasteiger partial charge in [0.25, 0.3) is 10.0 Å². The van der Waals surface area contributed by atoms with E-state index in [9.17, 15) is 8.42 Å². The molecule has 0 spiro atoms.